The topological polar surface area (TPSA) is 489 Å². The second-order valence-corrected chi connectivity index (χ2v) is 25.7. The lowest BCUT2D eigenvalue weighted by atomic mass is 9.99. The number of rotatable bonds is 39. The number of aromatic hydroxyl groups is 1. The SMILES string of the molecule is CCCC[C@H](NC(=O)[C@@H](CCCNC(N)=O)NC(=O)[C@H](Cc1ccc(O)cc1)N(C)C(=O)[C@H](CO)NC(=O)[C@@H](Cc1cccnc1)NC(=O)[C@@H](Cc1ccc(Cl)cc1)NC(=O)[C@@H](Cc1ccc2ccccc2c1)NC(C)=O)C(=O)N[C@@H](CCCN=C(N)N)C(=O)N1CCC[C@H]1C(=O)N[C@H](C)C(N)=O. The molecule has 0 radical (unpaired) electrons. The third-order valence-corrected chi connectivity index (χ3v) is 17.5. The second-order valence-electron chi connectivity index (χ2n) is 25.3. The summed E-state index contributed by atoms with van der Waals surface area (Å²) in [6.07, 6.45) is 3.72. The molecule has 1 aliphatic rings. The standard InChI is InChI=1S/C71H94ClN17O14/c1-5-6-16-51(62(95)84-53(18-11-31-78-70(74)75)69(102)89-33-12-19-58(89)66(99)80-41(2)60(73)93)82-61(94)52(17-10-32-79-71(76)103)83-67(100)59(38-44-23-28-50(92)29-24-44)88(4)68(101)57(40-90)87-65(98)56(37-46-13-9-30-77-39-46)86-64(97)55(35-43-21-26-49(72)27-22-43)85-63(96)54(81-42(3)91)36-45-20-25-47-14-7-8-15-48(47)34-45/h7-9,13-15,20-30,34,39,41,51-59,90,92H,5-6,10-12,16-19,31-33,35-38,40H2,1-4H3,(H2,73,93)(H,80,99)(H,81,91)(H,82,94)(H,83,100)(H,84,95)(H,85,96)(H,86,97)(H,87,98)(H4,74,75,78)(H3,76,79,103)/t41-,51+,52-,53+,54-,55-,56-,57+,58+,59+/m1/s1. The summed E-state index contributed by atoms with van der Waals surface area (Å²) >= 11 is 6.24. The number of aromatic nitrogens is 1. The van der Waals surface area contributed by atoms with E-state index >= 15 is 4.79 Å². The highest BCUT2D eigenvalue weighted by atomic mass is 35.5. The second kappa shape index (κ2) is 40.5. The Bertz CT molecular complexity index is 3790. The van der Waals surface area contributed by atoms with Gasteiger partial charge in [-0.2, -0.15) is 0 Å². The lowest BCUT2D eigenvalue weighted by Gasteiger charge is -2.33. The van der Waals surface area contributed by atoms with E-state index in [-0.39, 0.29) is 95.6 Å². The minimum atomic E-state index is -1.84. The summed E-state index contributed by atoms with van der Waals surface area (Å²) in [7, 11) is 1.21. The van der Waals surface area contributed by atoms with Gasteiger partial charge in [0, 0.05) is 76.7 Å². The highest BCUT2D eigenvalue weighted by Gasteiger charge is 2.41. The van der Waals surface area contributed by atoms with E-state index in [4.69, 9.17) is 34.5 Å². The van der Waals surface area contributed by atoms with Crippen LogP contribution >= 0.6 is 11.6 Å². The van der Waals surface area contributed by atoms with Gasteiger partial charge in [0.1, 0.15) is 66.2 Å². The molecular weight excluding hydrogens is 1350 g/mol. The average Bonchev–Trinajstić information content (AvgIpc) is 1.82. The van der Waals surface area contributed by atoms with Gasteiger partial charge in [0.15, 0.2) is 5.96 Å². The van der Waals surface area contributed by atoms with Crippen LogP contribution in [0.4, 0.5) is 4.79 Å². The smallest absolute Gasteiger partial charge is 0.312 e. The van der Waals surface area contributed by atoms with Crippen molar-refractivity contribution < 1.29 is 67.7 Å². The molecule has 1 fully saturated rings. The number of nitrogens with one attached hydrogen (secondary N) is 9. The number of benzene rings is 4. The number of fused-ring (bicyclic) bond motifs is 1. The Hall–Kier alpha value is -10.9. The number of aliphatic hydroxyl groups excluding tert-OH is 1. The number of halogens is 1. The van der Waals surface area contributed by atoms with Gasteiger partial charge in [0.2, 0.25) is 65.0 Å². The minimum Gasteiger partial charge on any atom is -0.508 e. The molecule has 0 unspecified atom stereocenters. The number of likely N-dealkylation sites (tertiary alicyclic amines) is 1. The van der Waals surface area contributed by atoms with Gasteiger partial charge in [-0.15, -0.1) is 0 Å². The van der Waals surface area contributed by atoms with Crippen LogP contribution in [0.25, 0.3) is 10.8 Å². The number of aliphatic hydroxyl groups is 1. The summed E-state index contributed by atoms with van der Waals surface area (Å²) in [5.41, 5.74) is 23.9. The molecule has 4 aromatic carbocycles. The van der Waals surface area contributed by atoms with Crippen LogP contribution in [0.1, 0.15) is 101 Å². The van der Waals surface area contributed by atoms with E-state index < -0.39 is 138 Å². The molecule has 32 heteroatoms. The fourth-order valence-corrected chi connectivity index (χ4v) is 11.8. The van der Waals surface area contributed by atoms with Crippen LogP contribution in [0.5, 0.6) is 5.75 Å². The molecule has 0 aliphatic carbocycles. The van der Waals surface area contributed by atoms with Crippen molar-refractivity contribution in [1.82, 2.24) is 62.6 Å². The zero-order valence-corrected chi connectivity index (χ0v) is 58.8. The van der Waals surface area contributed by atoms with Crippen molar-refractivity contribution in [1.29, 1.82) is 0 Å². The van der Waals surface area contributed by atoms with Crippen molar-refractivity contribution in [3.05, 3.63) is 143 Å². The van der Waals surface area contributed by atoms with E-state index in [0.29, 0.717) is 46.5 Å². The van der Waals surface area contributed by atoms with Gasteiger partial charge in [0.25, 0.3) is 0 Å². The molecule has 1 saturated heterocycles. The first-order valence-corrected chi connectivity index (χ1v) is 34.4. The summed E-state index contributed by atoms with van der Waals surface area (Å²) in [5, 5.41) is 47.4. The monoisotopic (exact) mass is 1440 g/mol. The number of aliphatic imine (C=N–C) groups is 1. The van der Waals surface area contributed by atoms with Crippen molar-refractivity contribution in [3.63, 3.8) is 0 Å². The Balaban J connectivity index is 1.27. The molecule has 31 nitrogen and oxygen atoms in total. The molecule has 0 spiro atoms. The minimum absolute atomic E-state index is 0.00692. The molecule has 1 aromatic heterocycles. The van der Waals surface area contributed by atoms with E-state index in [1.54, 1.807) is 36.4 Å². The summed E-state index contributed by atoms with van der Waals surface area (Å²) in [5.74, 6) is -9.33. The molecule has 13 amide bonds. The van der Waals surface area contributed by atoms with Gasteiger partial charge in [-0.05, 0) is 115 Å². The van der Waals surface area contributed by atoms with Crippen LogP contribution in [-0.2, 0) is 78.4 Å². The maximum Gasteiger partial charge on any atom is 0.312 e. The van der Waals surface area contributed by atoms with E-state index in [9.17, 15) is 63.0 Å². The molecule has 0 saturated carbocycles. The van der Waals surface area contributed by atoms with E-state index in [1.165, 1.54) is 62.5 Å². The highest BCUT2D eigenvalue weighted by Crippen LogP contribution is 2.23. The van der Waals surface area contributed by atoms with E-state index in [0.717, 1.165) is 15.7 Å². The Kier molecular flexibility index (Phi) is 31.8. The van der Waals surface area contributed by atoms with Crippen LogP contribution in [0.2, 0.25) is 5.02 Å². The quantitative estimate of drug-likeness (QED) is 0.0137. The fraction of sp³-hybridized carbons (Fsp3) is 0.437. The molecule has 554 valence electrons. The molecule has 2 heterocycles. The largest absolute Gasteiger partial charge is 0.508 e. The maximum absolute atomic E-state index is 15.1. The summed E-state index contributed by atoms with van der Waals surface area (Å²) in [4.78, 5) is 178. The number of likely N-dealkylation sites (N-methyl/N-ethyl adjacent to an activating group) is 1. The first kappa shape index (κ1) is 81.0. The van der Waals surface area contributed by atoms with Gasteiger partial charge in [-0.25, -0.2) is 4.79 Å². The molecule has 5 aromatic rings. The summed E-state index contributed by atoms with van der Waals surface area (Å²) < 4.78 is 0. The Labute approximate surface area is 601 Å². The molecule has 103 heavy (non-hydrogen) atoms. The van der Waals surface area contributed by atoms with Crippen LogP contribution in [0.15, 0.2) is 121 Å². The molecule has 6 rings (SSSR count). The maximum atomic E-state index is 15.1. The number of phenols is 1. The number of nitrogens with two attached hydrogens (primary N) is 4. The number of hydrogen-bond donors (Lipinski definition) is 15. The van der Waals surface area contributed by atoms with Gasteiger partial charge in [-0.1, -0.05) is 104 Å². The predicted molar refractivity (Wildman–Crippen MR) is 383 cm³/mol. The number of pyridine rings is 1. The number of nitrogens with zero attached hydrogens (tertiary/aromatic N) is 4. The average molecular weight is 1450 g/mol. The van der Waals surface area contributed by atoms with Gasteiger partial charge in [0.05, 0.1) is 6.61 Å². The van der Waals surface area contributed by atoms with Gasteiger partial charge >= 0.3 is 6.03 Å². The van der Waals surface area contributed by atoms with Crippen molar-refractivity contribution in [2.75, 3.05) is 33.3 Å². The zero-order valence-electron chi connectivity index (χ0n) is 58.0. The normalized spacial score (nSPS) is 15.1. The number of carbonyl (C=O) groups is 12. The number of primary amides is 2. The van der Waals surface area contributed by atoms with Crippen molar-refractivity contribution in [2.24, 2.45) is 27.9 Å². The van der Waals surface area contributed by atoms with Crippen LogP contribution < -0.4 is 70.8 Å². The lowest BCUT2D eigenvalue weighted by molar-refractivity contribution is -0.144. The van der Waals surface area contributed by atoms with Gasteiger partial charge in [-0.3, -0.25) is 62.7 Å². The first-order valence-electron chi connectivity index (χ1n) is 34.0. The van der Waals surface area contributed by atoms with E-state index in [1.807, 2.05) is 49.4 Å². The Morgan fingerprint density at radius 2 is 1.15 bits per heavy atom. The van der Waals surface area contributed by atoms with Crippen LogP contribution in [0.3, 0.4) is 0 Å². The third kappa shape index (κ3) is 25.9. The summed E-state index contributed by atoms with van der Waals surface area (Å²) in [6.45, 7) is 3.49. The first-order chi connectivity index (χ1) is 49.1. The molecule has 1 aliphatic heterocycles. The zero-order chi connectivity index (χ0) is 75.3. The number of amides is 13. The fourth-order valence-electron chi connectivity index (χ4n) is 11.7. The summed E-state index contributed by atoms with van der Waals surface area (Å²) in [6, 6.07) is 13.7. The Morgan fingerprint density at radius 3 is 1.74 bits per heavy atom. The Morgan fingerprint density at radius 1 is 0.612 bits per heavy atom. The predicted octanol–water partition coefficient (Wildman–Crippen LogP) is -0.230. The van der Waals surface area contributed by atoms with Gasteiger partial charge < -0.3 is 90.8 Å². The van der Waals surface area contributed by atoms with E-state index in [2.05, 4.69) is 57.8 Å². The number of unbranched alkanes of at least 4 members (excludes halogenated alkanes) is 1. The van der Waals surface area contributed by atoms with Crippen LogP contribution in [0, 0.1) is 0 Å². The highest BCUT2D eigenvalue weighted by molar-refractivity contribution is 6.30. The van der Waals surface area contributed by atoms with Crippen molar-refractivity contribution in [3.8, 4) is 5.75 Å². The number of phenolic OH excluding ortho intramolecular Hbond substituents is 1. The number of urea groups is 1. The number of hydrogen-bond acceptors (Lipinski definition) is 16. The molecule has 10 atom stereocenters. The molecular formula is C71H94ClN17O14. The number of guanidine groups is 1. The third-order valence-electron chi connectivity index (χ3n) is 17.3. The van der Waals surface area contributed by atoms with Crippen molar-refractivity contribution >= 4 is 99.3 Å². The van der Waals surface area contributed by atoms with Crippen molar-refractivity contribution in [2.45, 2.75) is 165 Å². The number of carbonyl (C=O) groups excluding carboxylic acids is 12. The van der Waals surface area contributed by atoms with Crippen LogP contribution in [-0.4, -0.2) is 196 Å². The lowest BCUT2D eigenvalue weighted by Crippen LogP contribution is -2.61. The molecule has 0 bridgehead atoms. The molecule has 19 N–H and O–H groups in total.